The first-order chi connectivity index (χ1) is 10.6. The highest BCUT2D eigenvalue weighted by Gasteiger charge is 2.20. The van der Waals surface area contributed by atoms with E-state index >= 15 is 0 Å². The quantitative estimate of drug-likeness (QED) is 0.705. The van der Waals surface area contributed by atoms with Gasteiger partial charge in [-0.15, -0.1) is 0 Å². The number of nitrogens with one attached hydrogen (secondary N) is 1. The van der Waals surface area contributed by atoms with Crippen LogP contribution in [0.2, 0.25) is 0 Å². The molecule has 0 unspecified atom stereocenters. The normalized spacial score (nSPS) is 12.1. The summed E-state index contributed by atoms with van der Waals surface area (Å²) in [6, 6.07) is 5.75. The Hall–Kier alpha value is -2.61. The number of nitrogens with zero attached hydrogens (tertiary/aromatic N) is 1. The van der Waals surface area contributed by atoms with Crippen LogP contribution in [-0.4, -0.2) is 41.3 Å². The smallest absolute Gasteiger partial charge is 0.419 e. The van der Waals surface area contributed by atoms with Gasteiger partial charge in [0.25, 0.3) is 0 Å². The van der Waals surface area contributed by atoms with E-state index in [0.29, 0.717) is 11.1 Å². The van der Waals surface area contributed by atoms with Crippen LogP contribution in [0, 0.1) is 0 Å². The lowest BCUT2D eigenvalue weighted by Gasteiger charge is -2.13. The van der Waals surface area contributed by atoms with Crippen molar-refractivity contribution in [1.82, 2.24) is 9.88 Å². The number of aryl methyl sites for hydroxylation is 1. The second kappa shape index (κ2) is 6.90. The molecule has 0 aliphatic rings. The zero-order valence-corrected chi connectivity index (χ0v) is 11.9. The molecule has 0 aliphatic carbocycles. The topological polar surface area (TPSA) is 111 Å². The molecule has 0 spiro atoms. The number of hydrogen-bond donors (Lipinski definition) is 2. The summed E-state index contributed by atoms with van der Waals surface area (Å²) in [6.45, 7) is -0.464. The number of carbonyl (C=O) groups is 2. The highest BCUT2D eigenvalue weighted by molar-refractivity contribution is 5.84. The Bertz CT molecular complexity index is 732. The number of hydrogen-bond acceptors (Lipinski definition) is 6. The maximum Gasteiger partial charge on any atom is 0.419 e. The molecule has 1 heterocycles. The molecular formula is C14H16N2O6. The number of aliphatic hydroxyl groups is 1. The summed E-state index contributed by atoms with van der Waals surface area (Å²) in [7, 11) is 1.16. The fourth-order valence-electron chi connectivity index (χ4n) is 2.03. The van der Waals surface area contributed by atoms with Crippen LogP contribution in [0.4, 0.5) is 0 Å². The lowest BCUT2D eigenvalue weighted by atomic mass is 10.3. The van der Waals surface area contributed by atoms with Gasteiger partial charge in [-0.25, -0.2) is 9.59 Å². The lowest BCUT2D eigenvalue weighted by Crippen LogP contribution is -2.44. The summed E-state index contributed by atoms with van der Waals surface area (Å²) < 4.78 is 10.8. The molecule has 0 radical (unpaired) electrons. The number of ether oxygens (including phenoxy) is 1. The monoisotopic (exact) mass is 308 g/mol. The standard InChI is InChI=1S/C14H16N2O6/c1-21-13(19)9(8-17)15-12(18)6-7-16-10-4-2-3-5-11(10)22-14(16)20/h2-5,9,17H,6-8H2,1H3,(H,15,18)/t9-/m0/s1. The molecule has 0 bridgehead atoms. The molecule has 2 rings (SSSR count). The van der Waals surface area contributed by atoms with Gasteiger partial charge < -0.3 is 19.6 Å². The van der Waals surface area contributed by atoms with E-state index < -0.39 is 30.3 Å². The van der Waals surface area contributed by atoms with E-state index in [0.717, 1.165) is 7.11 Å². The van der Waals surface area contributed by atoms with Crippen molar-refractivity contribution in [3.05, 3.63) is 34.8 Å². The van der Waals surface area contributed by atoms with E-state index in [4.69, 9.17) is 9.52 Å². The summed E-state index contributed by atoms with van der Waals surface area (Å²) >= 11 is 0. The Morgan fingerprint density at radius 1 is 1.41 bits per heavy atom. The number of carbonyl (C=O) groups excluding carboxylic acids is 2. The predicted molar refractivity (Wildman–Crippen MR) is 76.1 cm³/mol. The van der Waals surface area contributed by atoms with Gasteiger partial charge in [0.1, 0.15) is 0 Å². The Balaban J connectivity index is 2.02. The van der Waals surface area contributed by atoms with Crippen LogP contribution in [0.1, 0.15) is 6.42 Å². The molecule has 2 aromatic rings. The molecular weight excluding hydrogens is 292 g/mol. The number of esters is 1. The number of fused-ring (bicyclic) bond motifs is 1. The fraction of sp³-hybridized carbons (Fsp3) is 0.357. The van der Waals surface area contributed by atoms with Gasteiger partial charge in [0.05, 0.1) is 19.2 Å². The highest BCUT2D eigenvalue weighted by Crippen LogP contribution is 2.11. The molecule has 1 amide bonds. The van der Waals surface area contributed by atoms with Gasteiger partial charge in [0, 0.05) is 13.0 Å². The second-order valence-corrected chi connectivity index (χ2v) is 4.56. The molecule has 1 aromatic carbocycles. The molecule has 0 saturated heterocycles. The van der Waals surface area contributed by atoms with Gasteiger partial charge in [0.15, 0.2) is 11.6 Å². The van der Waals surface area contributed by atoms with Crippen LogP contribution < -0.4 is 11.1 Å². The van der Waals surface area contributed by atoms with E-state index in [1.807, 2.05) is 0 Å². The van der Waals surface area contributed by atoms with Crippen molar-refractivity contribution in [1.29, 1.82) is 0 Å². The van der Waals surface area contributed by atoms with Gasteiger partial charge in [-0.3, -0.25) is 9.36 Å². The van der Waals surface area contributed by atoms with E-state index in [9.17, 15) is 14.4 Å². The zero-order valence-electron chi connectivity index (χ0n) is 11.9. The summed E-state index contributed by atoms with van der Waals surface area (Å²) in [4.78, 5) is 34.8. The minimum atomic E-state index is -1.12. The summed E-state index contributed by atoms with van der Waals surface area (Å²) in [5, 5.41) is 11.4. The number of aliphatic hydroxyl groups excluding tert-OH is 1. The number of benzene rings is 1. The van der Waals surface area contributed by atoms with Gasteiger partial charge in [-0.05, 0) is 12.1 Å². The van der Waals surface area contributed by atoms with E-state index in [1.54, 1.807) is 24.3 Å². The number of amides is 1. The number of aromatic nitrogens is 1. The van der Waals surface area contributed by atoms with Gasteiger partial charge >= 0.3 is 11.7 Å². The number of rotatable bonds is 6. The van der Waals surface area contributed by atoms with Crippen molar-refractivity contribution in [3.8, 4) is 0 Å². The van der Waals surface area contributed by atoms with Crippen molar-refractivity contribution in [2.45, 2.75) is 19.0 Å². The Kier molecular flexibility index (Phi) is 4.95. The summed E-state index contributed by atoms with van der Waals surface area (Å²) in [5.74, 6) is -1.77. The van der Waals surface area contributed by atoms with Crippen LogP contribution in [0.3, 0.4) is 0 Å². The molecule has 22 heavy (non-hydrogen) atoms. The molecule has 2 N–H and O–H groups in total. The van der Waals surface area contributed by atoms with Crippen LogP contribution in [0.15, 0.2) is 33.5 Å². The van der Waals surface area contributed by atoms with Crippen molar-refractivity contribution >= 4 is 23.0 Å². The SMILES string of the molecule is COC(=O)[C@H](CO)NC(=O)CCn1c(=O)oc2ccccc21. The maximum absolute atomic E-state index is 11.8. The minimum absolute atomic E-state index is 0.0447. The molecule has 0 fully saturated rings. The van der Waals surface area contributed by atoms with Crippen LogP contribution in [0.25, 0.3) is 11.1 Å². The summed E-state index contributed by atoms with van der Waals surface area (Å²) in [6.07, 6.45) is -0.0447. The summed E-state index contributed by atoms with van der Waals surface area (Å²) in [5.41, 5.74) is 1.03. The number of oxazole rings is 1. The molecule has 118 valence electrons. The second-order valence-electron chi connectivity index (χ2n) is 4.56. The van der Waals surface area contributed by atoms with Gasteiger partial charge in [-0.1, -0.05) is 12.1 Å². The largest absolute Gasteiger partial charge is 0.467 e. The Morgan fingerprint density at radius 2 is 2.14 bits per heavy atom. The molecule has 0 aliphatic heterocycles. The first-order valence-corrected chi connectivity index (χ1v) is 6.63. The molecule has 1 atom stereocenters. The van der Waals surface area contributed by atoms with Crippen LogP contribution in [-0.2, 0) is 20.9 Å². The zero-order chi connectivity index (χ0) is 16.1. The fourth-order valence-corrected chi connectivity index (χ4v) is 2.03. The van der Waals surface area contributed by atoms with E-state index in [-0.39, 0.29) is 13.0 Å². The van der Waals surface area contributed by atoms with E-state index in [1.165, 1.54) is 4.57 Å². The van der Waals surface area contributed by atoms with E-state index in [2.05, 4.69) is 10.1 Å². The van der Waals surface area contributed by atoms with Crippen molar-refractivity contribution < 1.29 is 23.8 Å². The average Bonchev–Trinajstić information content (AvgIpc) is 2.85. The molecule has 0 saturated carbocycles. The lowest BCUT2D eigenvalue weighted by molar-refractivity contribution is -0.146. The maximum atomic E-state index is 11.8. The number of para-hydroxylation sites is 2. The molecule has 8 heteroatoms. The first-order valence-electron chi connectivity index (χ1n) is 6.63. The molecule has 1 aromatic heterocycles. The van der Waals surface area contributed by atoms with Crippen LogP contribution in [0.5, 0.6) is 0 Å². The van der Waals surface area contributed by atoms with Crippen molar-refractivity contribution in [2.75, 3.05) is 13.7 Å². The highest BCUT2D eigenvalue weighted by atomic mass is 16.5. The third-order valence-corrected chi connectivity index (χ3v) is 3.14. The third-order valence-electron chi connectivity index (χ3n) is 3.14. The average molecular weight is 308 g/mol. The molecule has 8 nitrogen and oxygen atoms in total. The van der Waals surface area contributed by atoms with Crippen molar-refractivity contribution in [2.24, 2.45) is 0 Å². The van der Waals surface area contributed by atoms with Crippen molar-refractivity contribution in [3.63, 3.8) is 0 Å². The first kappa shape index (κ1) is 15.8. The number of methoxy groups -OCH3 is 1. The Morgan fingerprint density at radius 3 is 2.82 bits per heavy atom. The van der Waals surface area contributed by atoms with Crippen LogP contribution >= 0.6 is 0 Å². The minimum Gasteiger partial charge on any atom is -0.467 e. The predicted octanol–water partition coefficient (Wildman–Crippen LogP) is -0.365. The van der Waals surface area contributed by atoms with Gasteiger partial charge in [-0.2, -0.15) is 0 Å². The van der Waals surface area contributed by atoms with Gasteiger partial charge in [0.2, 0.25) is 5.91 Å². The Labute approximate surface area is 125 Å². The third kappa shape index (κ3) is 3.34.